The van der Waals surface area contributed by atoms with Crippen molar-refractivity contribution >= 4 is 0 Å². The highest BCUT2D eigenvalue weighted by atomic mass is 19.4. The lowest BCUT2D eigenvalue weighted by atomic mass is 10.0. The first-order valence-corrected chi connectivity index (χ1v) is 7.42. The number of hydrogen-bond donors (Lipinski definition) is 1. The third kappa shape index (κ3) is 4.24. The van der Waals surface area contributed by atoms with E-state index in [-0.39, 0.29) is 18.3 Å². The quantitative estimate of drug-likeness (QED) is 0.755. The van der Waals surface area contributed by atoms with Gasteiger partial charge >= 0.3 is 6.18 Å². The van der Waals surface area contributed by atoms with Crippen molar-refractivity contribution in [1.82, 2.24) is 20.3 Å². The largest absolute Gasteiger partial charge is 0.411 e. The van der Waals surface area contributed by atoms with Crippen LogP contribution in [0, 0.1) is 13.8 Å². The third-order valence-electron chi connectivity index (χ3n) is 3.43. The number of H-pyrrole nitrogens is 1. The molecule has 132 valence electrons. The topological polar surface area (TPSA) is 76.8 Å². The molecule has 0 radical (unpaired) electrons. The normalized spacial score (nSPS) is 11.9. The molecule has 0 unspecified atom stereocenters. The van der Waals surface area contributed by atoms with Crippen LogP contribution in [0.15, 0.2) is 28.8 Å². The zero-order chi connectivity index (χ0) is 18.0. The van der Waals surface area contributed by atoms with E-state index in [0.717, 1.165) is 16.7 Å². The number of nitrogens with one attached hydrogen (secondary N) is 1. The molecule has 2 heterocycles. The molecule has 0 bridgehead atoms. The number of benzene rings is 1. The molecule has 0 aliphatic rings. The first-order chi connectivity index (χ1) is 11.8. The Morgan fingerprint density at radius 1 is 1.20 bits per heavy atom. The molecule has 0 aliphatic heterocycles. The van der Waals surface area contributed by atoms with Crippen LogP contribution >= 0.6 is 0 Å². The van der Waals surface area contributed by atoms with Crippen LogP contribution in [0.4, 0.5) is 13.2 Å². The van der Waals surface area contributed by atoms with Gasteiger partial charge in [-0.2, -0.15) is 23.3 Å². The summed E-state index contributed by atoms with van der Waals surface area (Å²) >= 11 is 0. The lowest BCUT2D eigenvalue weighted by Gasteiger charge is -2.04. The van der Waals surface area contributed by atoms with Gasteiger partial charge in [-0.3, -0.25) is 5.10 Å². The molecule has 25 heavy (non-hydrogen) atoms. The average molecular weight is 352 g/mol. The van der Waals surface area contributed by atoms with Crippen molar-refractivity contribution in [1.29, 1.82) is 0 Å². The Bertz CT molecular complexity index is 870. The number of halogens is 3. The average Bonchev–Trinajstić information content (AvgIpc) is 3.14. The van der Waals surface area contributed by atoms with E-state index >= 15 is 0 Å². The van der Waals surface area contributed by atoms with Gasteiger partial charge in [0.25, 0.3) is 5.89 Å². The fourth-order valence-corrected chi connectivity index (χ4v) is 2.35. The molecular weight excluding hydrogens is 337 g/mol. The van der Waals surface area contributed by atoms with E-state index < -0.39 is 12.8 Å². The monoisotopic (exact) mass is 352 g/mol. The van der Waals surface area contributed by atoms with Crippen LogP contribution < -0.4 is 0 Å². The van der Waals surface area contributed by atoms with Crippen molar-refractivity contribution in [2.75, 3.05) is 6.61 Å². The molecule has 3 rings (SSSR count). The number of aromatic amines is 1. The van der Waals surface area contributed by atoms with Gasteiger partial charge in [0, 0.05) is 5.56 Å². The van der Waals surface area contributed by atoms with E-state index in [9.17, 15) is 13.2 Å². The number of aryl methyl sites for hydroxylation is 2. The van der Waals surface area contributed by atoms with Gasteiger partial charge in [-0.1, -0.05) is 28.9 Å². The Balaban J connectivity index is 1.72. The Morgan fingerprint density at radius 3 is 2.72 bits per heavy atom. The van der Waals surface area contributed by atoms with Crippen molar-refractivity contribution in [3.05, 3.63) is 41.2 Å². The van der Waals surface area contributed by atoms with E-state index in [1.165, 1.54) is 0 Å². The van der Waals surface area contributed by atoms with Gasteiger partial charge in [0.15, 0.2) is 5.82 Å². The molecule has 0 saturated carbocycles. The van der Waals surface area contributed by atoms with Crippen molar-refractivity contribution in [3.63, 3.8) is 0 Å². The second kappa shape index (κ2) is 6.67. The van der Waals surface area contributed by atoms with Gasteiger partial charge in [0.2, 0.25) is 0 Å². The summed E-state index contributed by atoms with van der Waals surface area (Å²) in [6.07, 6.45) is -4.39. The molecular formula is C16H15F3N4O2. The first kappa shape index (κ1) is 17.2. The van der Waals surface area contributed by atoms with E-state index in [1.54, 1.807) is 6.07 Å². The minimum absolute atomic E-state index is 0.0296. The summed E-state index contributed by atoms with van der Waals surface area (Å²) in [4.78, 5) is 4.00. The second-order valence-electron chi connectivity index (χ2n) is 5.61. The predicted molar refractivity (Wildman–Crippen MR) is 82.5 cm³/mol. The summed E-state index contributed by atoms with van der Waals surface area (Å²) in [6.45, 7) is 2.24. The highest BCUT2D eigenvalue weighted by molar-refractivity contribution is 5.67. The molecule has 0 fully saturated rings. The summed E-state index contributed by atoms with van der Waals surface area (Å²) in [5.41, 5.74) is 4.37. The summed E-state index contributed by atoms with van der Waals surface area (Å²) in [5, 5.41) is 10.6. The first-order valence-electron chi connectivity index (χ1n) is 7.42. The Morgan fingerprint density at radius 2 is 2.00 bits per heavy atom. The van der Waals surface area contributed by atoms with E-state index in [0.29, 0.717) is 11.4 Å². The number of rotatable bonds is 5. The van der Waals surface area contributed by atoms with Gasteiger partial charge in [-0.05, 0) is 25.5 Å². The van der Waals surface area contributed by atoms with Gasteiger partial charge < -0.3 is 9.26 Å². The molecule has 9 heteroatoms. The Hall–Kier alpha value is -2.68. The summed E-state index contributed by atoms with van der Waals surface area (Å²) in [6, 6.07) is 7.74. The Kier molecular flexibility index (Phi) is 4.58. The molecule has 0 spiro atoms. The fraction of sp³-hybridized carbons (Fsp3) is 0.312. The lowest BCUT2D eigenvalue weighted by molar-refractivity contribution is -0.177. The zero-order valence-electron chi connectivity index (χ0n) is 13.5. The van der Waals surface area contributed by atoms with Gasteiger partial charge in [0.05, 0.1) is 5.69 Å². The second-order valence-corrected chi connectivity index (χ2v) is 5.61. The van der Waals surface area contributed by atoms with Gasteiger partial charge in [-0.15, -0.1) is 0 Å². The predicted octanol–water partition coefficient (Wildman–Crippen LogP) is 3.82. The van der Waals surface area contributed by atoms with Crippen molar-refractivity contribution in [2.24, 2.45) is 0 Å². The molecule has 1 aromatic carbocycles. The fourth-order valence-electron chi connectivity index (χ4n) is 2.35. The van der Waals surface area contributed by atoms with Gasteiger partial charge in [0.1, 0.15) is 18.9 Å². The van der Waals surface area contributed by atoms with Crippen molar-refractivity contribution < 1.29 is 22.4 Å². The third-order valence-corrected chi connectivity index (χ3v) is 3.43. The molecule has 3 aromatic rings. The maximum Gasteiger partial charge on any atom is 0.411 e. The number of hydrogen-bond acceptors (Lipinski definition) is 5. The molecule has 0 aliphatic carbocycles. The van der Waals surface area contributed by atoms with Gasteiger partial charge in [-0.25, -0.2) is 0 Å². The van der Waals surface area contributed by atoms with Crippen LogP contribution in [0.3, 0.4) is 0 Å². The van der Waals surface area contributed by atoms with Crippen LogP contribution in [0.5, 0.6) is 0 Å². The molecule has 0 amide bonds. The van der Waals surface area contributed by atoms with Crippen LogP contribution in [-0.4, -0.2) is 33.1 Å². The van der Waals surface area contributed by atoms with Crippen molar-refractivity contribution in [3.8, 4) is 22.8 Å². The Labute approximate surface area is 141 Å². The molecule has 0 saturated heterocycles. The maximum absolute atomic E-state index is 12.0. The van der Waals surface area contributed by atoms with Crippen LogP contribution in [0.1, 0.15) is 17.0 Å². The number of ether oxygens (including phenoxy) is 1. The van der Waals surface area contributed by atoms with Crippen LogP contribution in [0.25, 0.3) is 22.8 Å². The lowest BCUT2D eigenvalue weighted by Crippen LogP contribution is -2.16. The van der Waals surface area contributed by atoms with E-state index in [4.69, 9.17) is 4.52 Å². The highest BCUT2D eigenvalue weighted by Crippen LogP contribution is 2.26. The molecule has 6 nitrogen and oxygen atoms in total. The minimum atomic E-state index is -4.39. The number of nitrogens with zero attached hydrogens (tertiary/aromatic N) is 3. The standard InChI is InChI=1S/C16H15F3N4O2/c1-9-3-4-11(10(2)5-9)12-6-13(22-21-12)15-20-14(23-25-15)7-24-8-16(17,18)19/h3-6H,7-8H2,1-2H3,(H,21,22). The van der Waals surface area contributed by atoms with Crippen LogP contribution in [-0.2, 0) is 11.3 Å². The van der Waals surface area contributed by atoms with Crippen LogP contribution in [0.2, 0.25) is 0 Å². The molecule has 0 atom stereocenters. The van der Waals surface area contributed by atoms with Crippen molar-refractivity contribution in [2.45, 2.75) is 26.6 Å². The summed E-state index contributed by atoms with van der Waals surface area (Å²) < 4.78 is 45.7. The number of aromatic nitrogens is 4. The SMILES string of the molecule is Cc1ccc(-c2cc(-c3nc(COCC(F)(F)F)no3)[nH]n2)c(C)c1. The zero-order valence-corrected chi connectivity index (χ0v) is 13.5. The molecule has 1 N–H and O–H groups in total. The summed E-state index contributed by atoms with van der Waals surface area (Å²) in [5.74, 6) is 0.163. The molecule has 2 aromatic heterocycles. The minimum Gasteiger partial charge on any atom is -0.364 e. The maximum atomic E-state index is 12.0. The highest BCUT2D eigenvalue weighted by Gasteiger charge is 2.27. The smallest absolute Gasteiger partial charge is 0.364 e. The summed E-state index contributed by atoms with van der Waals surface area (Å²) in [7, 11) is 0. The van der Waals surface area contributed by atoms with E-state index in [1.807, 2.05) is 32.0 Å². The number of alkyl halides is 3. The van der Waals surface area contributed by atoms with E-state index in [2.05, 4.69) is 25.1 Å².